The fraction of sp³-hybridized carbons (Fsp3) is 0.300. The summed E-state index contributed by atoms with van der Waals surface area (Å²) in [6.45, 7) is 4.59. The van der Waals surface area contributed by atoms with E-state index >= 15 is 0 Å². The van der Waals surface area contributed by atoms with Crippen LogP contribution in [0.25, 0.3) is 0 Å². The average Bonchev–Trinajstić information content (AvgIpc) is 2.66. The highest BCUT2D eigenvalue weighted by molar-refractivity contribution is 9.10. The summed E-state index contributed by atoms with van der Waals surface area (Å²) < 4.78 is 0.982. The zero-order chi connectivity index (χ0) is 18.9. The van der Waals surface area contributed by atoms with Gasteiger partial charge in [0.2, 0.25) is 11.8 Å². The molecule has 0 spiro atoms. The van der Waals surface area contributed by atoms with Crippen LogP contribution in [0.5, 0.6) is 0 Å². The molecule has 0 aromatic heterocycles. The number of hydrogen-bond donors (Lipinski definition) is 1. The minimum absolute atomic E-state index is 0.0551. The summed E-state index contributed by atoms with van der Waals surface area (Å²) in [5, 5.41) is 2.80. The largest absolute Gasteiger partial charge is 0.355 e. The predicted octanol–water partition coefficient (Wildman–Crippen LogP) is 4.09. The Hall–Kier alpha value is -1.79. The second-order valence-corrected chi connectivity index (χ2v) is 7.78. The van der Waals surface area contributed by atoms with Crippen molar-refractivity contribution in [1.29, 1.82) is 0 Å². The molecule has 0 heterocycles. The lowest BCUT2D eigenvalue weighted by molar-refractivity contribution is -0.138. The predicted molar refractivity (Wildman–Crippen MR) is 110 cm³/mol. The van der Waals surface area contributed by atoms with Crippen molar-refractivity contribution in [2.45, 2.75) is 31.3 Å². The Morgan fingerprint density at radius 1 is 1.12 bits per heavy atom. The second-order valence-electron chi connectivity index (χ2n) is 5.82. The van der Waals surface area contributed by atoms with Crippen molar-refractivity contribution in [3.8, 4) is 0 Å². The van der Waals surface area contributed by atoms with Crippen molar-refractivity contribution in [1.82, 2.24) is 10.2 Å². The molecule has 0 radical (unpaired) electrons. The molecule has 6 heteroatoms. The van der Waals surface area contributed by atoms with Gasteiger partial charge in [0, 0.05) is 22.5 Å². The van der Waals surface area contributed by atoms with E-state index in [1.807, 2.05) is 61.5 Å². The van der Waals surface area contributed by atoms with Crippen LogP contribution in [0.2, 0.25) is 0 Å². The van der Waals surface area contributed by atoms with Crippen LogP contribution in [0, 0.1) is 0 Å². The van der Waals surface area contributed by atoms with Crippen molar-refractivity contribution in [3.05, 3.63) is 64.6 Å². The Labute approximate surface area is 167 Å². The average molecular weight is 435 g/mol. The third kappa shape index (κ3) is 6.18. The van der Waals surface area contributed by atoms with Crippen LogP contribution in [0.15, 0.2) is 64.0 Å². The van der Waals surface area contributed by atoms with E-state index in [1.54, 1.807) is 11.8 Å². The number of likely N-dealkylation sites (N-methyl/N-ethyl adjacent to an activating group) is 1. The third-order valence-corrected chi connectivity index (χ3v) is 5.42. The molecule has 0 aliphatic heterocycles. The van der Waals surface area contributed by atoms with Gasteiger partial charge in [-0.25, -0.2) is 0 Å². The Morgan fingerprint density at radius 2 is 1.77 bits per heavy atom. The Balaban J connectivity index is 2.11. The SMILES string of the molecule is CCNC(=O)[C@H](C)N(Cc1ccc(Br)cc1)C(=O)CSc1ccccc1. The Kier molecular flexibility index (Phi) is 8.19. The summed E-state index contributed by atoms with van der Waals surface area (Å²) in [7, 11) is 0. The fourth-order valence-corrected chi connectivity index (χ4v) is 3.51. The normalized spacial score (nSPS) is 11.7. The molecule has 1 atom stereocenters. The first-order chi connectivity index (χ1) is 12.5. The van der Waals surface area contributed by atoms with Gasteiger partial charge in [-0.1, -0.05) is 46.3 Å². The highest BCUT2D eigenvalue weighted by atomic mass is 79.9. The van der Waals surface area contributed by atoms with Crippen LogP contribution in [-0.2, 0) is 16.1 Å². The smallest absolute Gasteiger partial charge is 0.242 e. The molecule has 26 heavy (non-hydrogen) atoms. The minimum Gasteiger partial charge on any atom is -0.355 e. The molecule has 2 aromatic carbocycles. The standard InChI is InChI=1S/C20H23BrN2O2S/c1-3-22-20(25)15(2)23(13-16-9-11-17(21)12-10-16)19(24)14-26-18-7-5-4-6-8-18/h4-12,15H,3,13-14H2,1-2H3,(H,22,25)/t15-/m0/s1. The number of nitrogens with one attached hydrogen (secondary N) is 1. The third-order valence-electron chi connectivity index (χ3n) is 3.89. The number of hydrogen-bond acceptors (Lipinski definition) is 3. The quantitative estimate of drug-likeness (QED) is 0.636. The molecule has 0 aliphatic carbocycles. The number of thioether (sulfide) groups is 1. The fourth-order valence-electron chi connectivity index (χ4n) is 2.44. The van der Waals surface area contributed by atoms with Gasteiger partial charge in [-0.2, -0.15) is 0 Å². The summed E-state index contributed by atoms with van der Waals surface area (Å²) in [4.78, 5) is 27.8. The van der Waals surface area contributed by atoms with E-state index in [0.717, 1.165) is 14.9 Å². The highest BCUT2D eigenvalue weighted by Gasteiger charge is 2.25. The summed E-state index contributed by atoms with van der Waals surface area (Å²) in [6, 6.07) is 17.1. The molecule has 2 aromatic rings. The lowest BCUT2D eigenvalue weighted by Crippen LogP contribution is -2.48. The van der Waals surface area contributed by atoms with Crippen molar-refractivity contribution >= 4 is 39.5 Å². The number of carbonyl (C=O) groups is 2. The molecular weight excluding hydrogens is 412 g/mol. The summed E-state index contributed by atoms with van der Waals surface area (Å²) in [5.74, 6) is 0.104. The molecule has 0 aliphatic rings. The number of rotatable bonds is 8. The van der Waals surface area contributed by atoms with Gasteiger partial charge in [-0.3, -0.25) is 9.59 Å². The van der Waals surface area contributed by atoms with Crippen LogP contribution < -0.4 is 5.32 Å². The first kappa shape index (κ1) is 20.5. The van der Waals surface area contributed by atoms with Gasteiger partial charge in [0.15, 0.2) is 0 Å². The monoisotopic (exact) mass is 434 g/mol. The van der Waals surface area contributed by atoms with Gasteiger partial charge in [-0.05, 0) is 43.7 Å². The lowest BCUT2D eigenvalue weighted by atomic mass is 10.1. The van der Waals surface area contributed by atoms with Crippen LogP contribution in [0.3, 0.4) is 0 Å². The minimum atomic E-state index is -0.525. The van der Waals surface area contributed by atoms with E-state index in [4.69, 9.17) is 0 Å². The highest BCUT2D eigenvalue weighted by Crippen LogP contribution is 2.20. The van der Waals surface area contributed by atoms with Gasteiger partial charge in [0.1, 0.15) is 6.04 Å². The van der Waals surface area contributed by atoms with Crippen LogP contribution >= 0.6 is 27.7 Å². The van der Waals surface area contributed by atoms with Crippen molar-refractivity contribution in [2.24, 2.45) is 0 Å². The zero-order valence-corrected chi connectivity index (χ0v) is 17.3. The van der Waals surface area contributed by atoms with Gasteiger partial charge in [0.25, 0.3) is 0 Å². The van der Waals surface area contributed by atoms with Crippen molar-refractivity contribution < 1.29 is 9.59 Å². The van der Waals surface area contributed by atoms with Crippen molar-refractivity contribution in [3.63, 3.8) is 0 Å². The van der Waals surface area contributed by atoms with Crippen LogP contribution in [0.1, 0.15) is 19.4 Å². The molecule has 2 amide bonds. The molecule has 138 valence electrons. The van der Waals surface area contributed by atoms with Gasteiger partial charge < -0.3 is 10.2 Å². The number of benzene rings is 2. The number of halogens is 1. The van der Waals surface area contributed by atoms with Crippen LogP contribution in [-0.4, -0.2) is 35.1 Å². The van der Waals surface area contributed by atoms with E-state index in [2.05, 4.69) is 21.2 Å². The van der Waals surface area contributed by atoms with Gasteiger partial charge in [-0.15, -0.1) is 11.8 Å². The van der Waals surface area contributed by atoms with E-state index in [9.17, 15) is 9.59 Å². The maximum Gasteiger partial charge on any atom is 0.242 e. The van der Waals surface area contributed by atoms with E-state index in [1.165, 1.54) is 11.8 Å². The van der Waals surface area contributed by atoms with E-state index < -0.39 is 6.04 Å². The summed E-state index contributed by atoms with van der Waals surface area (Å²) in [6.07, 6.45) is 0. The molecule has 1 N–H and O–H groups in total. The molecule has 0 saturated heterocycles. The molecule has 0 fully saturated rings. The molecule has 4 nitrogen and oxygen atoms in total. The van der Waals surface area contributed by atoms with E-state index in [-0.39, 0.29) is 11.8 Å². The molecule has 0 bridgehead atoms. The lowest BCUT2D eigenvalue weighted by Gasteiger charge is -2.28. The van der Waals surface area contributed by atoms with Crippen molar-refractivity contribution in [2.75, 3.05) is 12.3 Å². The van der Waals surface area contributed by atoms with Gasteiger partial charge >= 0.3 is 0 Å². The van der Waals surface area contributed by atoms with Crippen LogP contribution in [0.4, 0.5) is 0 Å². The van der Waals surface area contributed by atoms with Gasteiger partial charge in [0.05, 0.1) is 5.75 Å². The zero-order valence-electron chi connectivity index (χ0n) is 14.9. The Bertz CT molecular complexity index is 722. The Morgan fingerprint density at radius 3 is 2.38 bits per heavy atom. The van der Waals surface area contributed by atoms with E-state index in [0.29, 0.717) is 18.8 Å². The number of carbonyl (C=O) groups excluding carboxylic acids is 2. The molecule has 2 rings (SSSR count). The second kappa shape index (κ2) is 10.4. The summed E-state index contributed by atoms with van der Waals surface area (Å²) >= 11 is 4.90. The summed E-state index contributed by atoms with van der Waals surface area (Å²) in [5.41, 5.74) is 0.988. The maximum atomic E-state index is 12.9. The maximum absolute atomic E-state index is 12.9. The number of nitrogens with zero attached hydrogens (tertiary/aromatic N) is 1. The topological polar surface area (TPSA) is 49.4 Å². The molecular formula is C20H23BrN2O2S. The number of amides is 2. The first-order valence-corrected chi connectivity index (χ1v) is 10.3. The molecule has 0 saturated carbocycles. The first-order valence-electron chi connectivity index (χ1n) is 8.50. The molecule has 0 unspecified atom stereocenters.